The van der Waals surface area contributed by atoms with Gasteiger partial charge in [0.2, 0.25) is 10.0 Å². The lowest BCUT2D eigenvalue weighted by molar-refractivity contribution is 0.0916. The third-order valence-corrected chi connectivity index (χ3v) is 5.94. The second kappa shape index (κ2) is 7.67. The Morgan fingerprint density at radius 1 is 1.22 bits per heavy atom. The molecule has 2 aromatic rings. The minimum atomic E-state index is -3.33. The lowest BCUT2D eigenvalue weighted by atomic mass is 10.1. The normalized spacial score (nSPS) is 14.7. The topological polar surface area (TPSA) is 86.7 Å². The molecule has 1 heterocycles. The summed E-state index contributed by atoms with van der Waals surface area (Å²) in [5, 5.41) is 13.7. The number of sulfonamides is 1. The third kappa shape index (κ3) is 4.55. The second-order valence-corrected chi connectivity index (χ2v) is 9.14. The molecule has 0 bridgehead atoms. The molecular formula is C18H18Cl2N2O4S. The summed E-state index contributed by atoms with van der Waals surface area (Å²) in [5.41, 5.74) is 2.31. The van der Waals surface area contributed by atoms with E-state index >= 15 is 0 Å². The number of aliphatic hydroxyl groups excluding tert-OH is 1. The number of aliphatic hydroxyl groups is 1. The van der Waals surface area contributed by atoms with Crippen molar-refractivity contribution in [3.05, 3.63) is 63.1 Å². The van der Waals surface area contributed by atoms with Crippen LogP contribution in [0.2, 0.25) is 10.0 Å². The molecule has 0 saturated carbocycles. The first-order valence-corrected chi connectivity index (χ1v) is 10.8. The van der Waals surface area contributed by atoms with Gasteiger partial charge in [0.1, 0.15) is 0 Å². The molecule has 0 aliphatic carbocycles. The van der Waals surface area contributed by atoms with Crippen LogP contribution in [-0.4, -0.2) is 38.8 Å². The molecular weight excluding hydrogens is 411 g/mol. The van der Waals surface area contributed by atoms with Crippen LogP contribution in [-0.2, 0) is 16.4 Å². The minimum Gasteiger partial charge on any atom is -0.387 e. The van der Waals surface area contributed by atoms with Gasteiger partial charge in [-0.25, -0.2) is 8.42 Å². The van der Waals surface area contributed by atoms with Gasteiger partial charge in [-0.1, -0.05) is 23.2 Å². The Labute approximate surface area is 167 Å². The van der Waals surface area contributed by atoms with E-state index in [1.54, 1.807) is 36.4 Å². The van der Waals surface area contributed by atoms with E-state index in [0.717, 1.165) is 11.8 Å². The summed E-state index contributed by atoms with van der Waals surface area (Å²) >= 11 is 11.8. The Kier molecular flexibility index (Phi) is 5.67. The van der Waals surface area contributed by atoms with Crippen molar-refractivity contribution >= 4 is 44.8 Å². The number of carbonyl (C=O) groups excluding carboxylic acids is 1. The van der Waals surface area contributed by atoms with Crippen molar-refractivity contribution in [1.82, 2.24) is 5.32 Å². The number of hydrogen-bond donors (Lipinski definition) is 2. The highest BCUT2D eigenvalue weighted by molar-refractivity contribution is 7.92. The average Bonchev–Trinajstić information content (AvgIpc) is 3.01. The van der Waals surface area contributed by atoms with Crippen molar-refractivity contribution in [2.75, 3.05) is 23.7 Å². The molecule has 1 amide bonds. The summed E-state index contributed by atoms with van der Waals surface area (Å²) in [6.45, 7) is 0.357. The van der Waals surface area contributed by atoms with Crippen molar-refractivity contribution in [3.8, 4) is 0 Å². The average molecular weight is 429 g/mol. The largest absolute Gasteiger partial charge is 0.387 e. The molecule has 0 aromatic heterocycles. The van der Waals surface area contributed by atoms with Crippen LogP contribution in [0, 0.1) is 0 Å². The number of hydrogen-bond acceptors (Lipinski definition) is 4. The molecule has 144 valence electrons. The van der Waals surface area contributed by atoms with E-state index in [4.69, 9.17) is 23.2 Å². The maximum atomic E-state index is 12.4. The summed E-state index contributed by atoms with van der Waals surface area (Å²) < 4.78 is 24.9. The van der Waals surface area contributed by atoms with E-state index in [2.05, 4.69) is 5.32 Å². The van der Waals surface area contributed by atoms with Crippen LogP contribution in [0.1, 0.15) is 27.6 Å². The van der Waals surface area contributed by atoms with Crippen LogP contribution in [0.5, 0.6) is 0 Å². The number of anilines is 1. The van der Waals surface area contributed by atoms with E-state index < -0.39 is 16.1 Å². The smallest absolute Gasteiger partial charge is 0.251 e. The molecule has 9 heteroatoms. The van der Waals surface area contributed by atoms with Crippen molar-refractivity contribution in [3.63, 3.8) is 0 Å². The van der Waals surface area contributed by atoms with E-state index in [1.165, 1.54) is 4.31 Å². The van der Waals surface area contributed by atoms with Gasteiger partial charge >= 0.3 is 0 Å². The molecule has 0 fully saturated rings. The van der Waals surface area contributed by atoms with Crippen LogP contribution in [0.3, 0.4) is 0 Å². The maximum Gasteiger partial charge on any atom is 0.251 e. The van der Waals surface area contributed by atoms with Gasteiger partial charge in [0, 0.05) is 28.7 Å². The SMILES string of the molecule is CS(=O)(=O)N1CCc2cc(C(=O)NCC(O)c3cc(Cl)cc(Cl)c3)ccc21. The third-order valence-electron chi connectivity index (χ3n) is 4.32. The number of halogens is 2. The molecule has 1 aliphatic heterocycles. The highest BCUT2D eigenvalue weighted by atomic mass is 35.5. The zero-order valence-electron chi connectivity index (χ0n) is 14.4. The Morgan fingerprint density at radius 2 is 1.89 bits per heavy atom. The predicted octanol–water partition coefficient (Wildman–Crippen LogP) is 2.78. The predicted molar refractivity (Wildman–Crippen MR) is 106 cm³/mol. The summed E-state index contributed by atoms with van der Waals surface area (Å²) in [6.07, 6.45) is 0.750. The monoisotopic (exact) mass is 428 g/mol. The molecule has 3 rings (SSSR count). The number of carbonyl (C=O) groups is 1. The highest BCUT2D eigenvalue weighted by Crippen LogP contribution is 2.30. The van der Waals surface area contributed by atoms with Gasteiger partial charge in [-0.2, -0.15) is 0 Å². The van der Waals surface area contributed by atoms with Gasteiger partial charge in [0.25, 0.3) is 5.91 Å². The van der Waals surface area contributed by atoms with Crippen LogP contribution in [0.15, 0.2) is 36.4 Å². The van der Waals surface area contributed by atoms with Gasteiger partial charge in [-0.3, -0.25) is 9.10 Å². The summed E-state index contributed by atoms with van der Waals surface area (Å²) in [4.78, 5) is 12.4. The van der Waals surface area contributed by atoms with Crippen LogP contribution in [0.4, 0.5) is 5.69 Å². The summed E-state index contributed by atoms with van der Waals surface area (Å²) in [7, 11) is -3.33. The number of nitrogens with one attached hydrogen (secondary N) is 1. The number of nitrogens with zero attached hydrogens (tertiary/aromatic N) is 1. The molecule has 1 atom stereocenters. The first-order chi connectivity index (χ1) is 12.6. The summed E-state index contributed by atoms with van der Waals surface area (Å²) in [5.74, 6) is -0.359. The zero-order chi connectivity index (χ0) is 19.8. The molecule has 0 radical (unpaired) electrons. The van der Waals surface area contributed by atoms with Crippen molar-refractivity contribution < 1.29 is 18.3 Å². The van der Waals surface area contributed by atoms with E-state index in [0.29, 0.717) is 39.8 Å². The van der Waals surface area contributed by atoms with Gasteiger partial charge in [0.15, 0.2) is 0 Å². The molecule has 27 heavy (non-hydrogen) atoms. The van der Waals surface area contributed by atoms with Crippen LogP contribution < -0.4 is 9.62 Å². The summed E-state index contributed by atoms with van der Waals surface area (Å²) in [6, 6.07) is 9.60. The Bertz CT molecular complexity index is 975. The van der Waals surface area contributed by atoms with Gasteiger partial charge in [-0.05, 0) is 53.9 Å². The molecule has 2 N–H and O–H groups in total. The fourth-order valence-corrected chi connectivity index (χ4v) is 4.54. The number of benzene rings is 2. The Balaban J connectivity index is 1.69. The van der Waals surface area contributed by atoms with Crippen molar-refractivity contribution in [2.24, 2.45) is 0 Å². The van der Waals surface area contributed by atoms with Crippen LogP contribution in [0.25, 0.3) is 0 Å². The lowest BCUT2D eigenvalue weighted by Gasteiger charge is -2.17. The quantitative estimate of drug-likeness (QED) is 0.766. The second-order valence-electron chi connectivity index (χ2n) is 6.36. The van der Waals surface area contributed by atoms with Gasteiger partial charge in [-0.15, -0.1) is 0 Å². The molecule has 2 aromatic carbocycles. The van der Waals surface area contributed by atoms with Crippen LogP contribution >= 0.6 is 23.2 Å². The standard InChI is InChI=1S/C18H18Cl2N2O4S/c1-27(25,26)22-5-4-11-6-12(2-3-16(11)22)18(24)21-10-17(23)13-7-14(19)9-15(20)8-13/h2-3,6-9,17,23H,4-5,10H2,1H3,(H,21,24). The lowest BCUT2D eigenvalue weighted by Crippen LogP contribution is -2.28. The fourth-order valence-electron chi connectivity index (χ4n) is 3.03. The first kappa shape index (κ1) is 19.9. The van der Waals surface area contributed by atoms with E-state index in [-0.39, 0.29) is 12.5 Å². The minimum absolute atomic E-state index is 0.0119. The number of rotatable bonds is 5. The molecule has 6 nitrogen and oxygen atoms in total. The van der Waals surface area contributed by atoms with E-state index in [9.17, 15) is 18.3 Å². The van der Waals surface area contributed by atoms with Crippen molar-refractivity contribution in [2.45, 2.75) is 12.5 Å². The molecule has 1 aliphatic rings. The Hall–Kier alpha value is -1.80. The van der Waals surface area contributed by atoms with Gasteiger partial charge in [0.05, 0.1) is 18.0 Å². The first-order valence-electron chi connectivity index (χ1n) is 8.18. The molecule has 1 unspecified atom stereocenters. The maximum absolute atomic E-state index is 12.4. The van der Waals surface area contributed by atoms with E-state index in [1.807, 2.05) is 0 Å². The zero-order valence-corrected chi connectivity index (χ0v) is 16.8. The molecule has 0 saturated heterocycles. The number of fused-ring (bicyclic) bond motifs is 1. The van der Waals surface area contributed by atoms with Gasteiger partial charge < -0.3 is 10.4 Å². The molecule has 0 spiro atoms. The van der Waals surface area contributed by atoms with Crippen molar-refractivity contribution in [1.29, 1.82) is 0 Å². The number of amides is 1. The fraction of sp³-hybridized carbons (Fsp3) is 0.278. The Morgan fingerprint density at radius 3 is 2.52 bits per heavy atom. The highest BCUT2D eigenvalue weighted by Gasteiger charge is 2.26.